The molecule has 10 heteroatoms. The van der Waals surface area contributed by atoms with Crippen LogP contribution in [0, 0.1) is 124 Å². The summed E-state index contributed by atoms with van der Waals surface area (Å²) >= 11 is 0. The summed E-state index contributed by atoms with van der Waals surface area (Å²) in [6.07, 6.45) is 0. The number of carbonyl (C=O) groups is 1. The van der Waals surface area contributed by atoms with Gasteiger partial charge in [-0.15, -0.1) is 0 Å². The highest BCUT2D eigenvalue weighted by Crippen LogP contribution is 2.80. The number of hydrogen-bond acceptors (Lipinski definition) is 10. The minimum atomic E-state index is -2.47. The standard InChI is InChI=1S/C26H16N8O2/c1-15(35)17-19-20(26(14-33)21(34)36-22(17,2)25(26,12-31)13-32)18(16-6-4-3-5-7-16)23(8-27,9-28)24(19,10-29)11-30/h3-7,17-20,34H,1-2H3. The molecule has 6 atom stereocenters. The molecule has 3 aliphatic rings. The zero-order valence-electron chi connectivity index (χ0n) is 19.1. The molecule has 172 valence electrons. The average Bonchev–Trinajstić information content (AvgIpc) is 3.21. The summed E-state index contributed by atoms with van der Waals surface area (Å²) in [5.74, 6) is -7.35. The largest absolute Gasteiger partial charge is 0.470 e. The molecule has 0 amide bonds. The smallest absolute Gasteiger partial charge is 0.210 e. The van der Waals surface area contributed by atoms with Crippen molar-refractivity contribution in [2.24, 2.45) is 39.4 Å². The summed E-state index contributed by atoms with van der Waals surface area (Å²) in [6, 6.07) is 21.0. The van der Waals surface area contributed by atoms with Gasteiger partial charge < -0.3 is 4.74 Å². The van der Waals surface area contributed by atoms with Gasteiger partial charge in [0, 0.05) is 17.8 Å². The van der Waals surface area contributed by atoms with E-state index in [4.69, 9.17) is 10.1 Å². The molecule has 1 aliphatic heterocycles. The van der Waals surface area contributed by atoms with Crippen molar-refractivity contribution < 1.29 is 9.53 Å². The van der Waals surface area contributed by atoms with Gasteiger partial charge >= 0.3 is 0 Å². The summed E-state index contributed by atoms with van der Waals surface area (Å²) in [5.41, 5.74) is -11.5. The number of ether oxygens (including phenoxy) is 1. The average molecular weight is 472 g/mol. The van der Waals surface area contributed by atoms with E-state index >= 15 is 0 Å². The van der Waals surface area contributed by atoms with Crippen LogP contribution in [0.15, 0.2) is 30.3 Å². The van der Waals surface area contributed by atoms with E-state index in [-0.39, 0.29) is 5.56 Å². The summed E-state index contributed by atoms with van der Waals surface area (Å²) < 4.78 is 5.79. The van der Waals surface area contributed by atoms with Crippen LogP contribution in [0.5, 0.6) is 0 Å². The van der Waals surface area contributed by atoms with Crippen molar-refractivity contribution in [3.63, 3.8) is 0 Å². The fraction of sp³-hybridized carbons (Fsp3) is 0.423. The Morgan fingerprint density at radius 1 is 0.833 bits per heavy atom. The van der Waals surface area contributed by atoms with Gasteiger partial charge in [-0.3, -0.25) is 10.2 Å². The van der Waals surface area contributed by atoms with Crippen LogP contribution in [0.2, 0.25) is 0 Å². The quantitative estimate of drug-likeness (QED) is 0.667. The third kappa shape index (κ3) is 1.99. The molecule has 2 aliphatic carbocycles. The van der Waals surface area contributed by atoms with Gasteiger partial charge in [-0.25, -0.2) is 0 Å². The second kappa shape index (κ2) is 7.14. The molecular formula is C26H16N8O2. The molecule has 1 aromatic rings. The molecular weight excluding hydrogens is 456 g/mol. The molecule has 2 saturated carbocycles. The normalized spacial score (nSPS) is 35.5. The van der Waals surface area contributed by atoms with Crippen LogP contribution in [0.4, 0.5) is 0 Å². The first kappa shape index (κ1) is 23.9. The lowest BCUT2D eigenvalue weighted by Gasteiger charge is -2.52. The van der Waals surface area contributed by atoms with Crippen LogP contribution in [-0.2, 0) is 9.53 Å². The molecule has 0 spiro atoms. The number of ketones is 1. The molecule has 1 saturated heterocycles. The molecule has 1 heterocycles. The van der Waals surface area contributed by atoms with Crippen LogP contribution in [0.3, 0.4) is 0 Å². The molecule has 1 N–H and O–H groups in total. The van der Waals surface area contributed by atoms with Gasteiger partial charge in [0.15, 0.2) is 21.8 Å². The van der Waals surface area contributed by atoms with Crippen molar-refractivity contribution in [3.05, 3.63) is 35.9 Å². The Labute approximate surface area is 206 Å². The van der Waals surface area contributed by atoms with Gasteiger partial charge in [0.1, 0.15) is 5.78 Å². The minimum absolute atomic E-state index is 0.285. The van der Waals surface area contributed by atoms with E-state index in [1.165, 1.54) is 19.1 Å². The third-order valence-corrected chi connectivity index (χ3v) is 8.61. The van der Waals surface area contributed by atoms with Gasteiger partial charge in [0.2, 0.25) is 11.3 Å². The number of carbonyl (C=O) groups excluding carboxylic acids is 1. The van der Waals surface area contributed by atoms with E-state index in [9.17, 15) is 41.6 Å². The highest BCUT2D eigenvalue weighted by molar-refractivity contribution is 5.94. The van der Waals surface area contributed by atoms with Crippen molar-refractivity contribution in [1.29, 1.82) is 42.2 Å². The Morgan fingerprint density at radius 2 is 1.36 bits per heavy atom. The summed E-state index contributed by atoms with van der Waals surface area (Å²) in [7, 11) is 0. The fourth-order valence-electron chi connectivity index (χ4n) is 7.28. The molecule has 3 fully saturated rings. The number of nitrogens with one attached hydrogen (secondary N) is 1. The maximum atomic E-state index is 13.3. The van der Waals surface area contributed by atoms with E-state index in [2.05, 4.69) is 0 Å². The van der Waals surface area contributed by atoms with E-state index in [0.29, 0.717) is 0 Å². The van der Waals surface area contributed by atoms with Crippen molar-refractivity contribution in [2.75, 3.05) is 0 Å². The van der Waals surface area contributed by atoms with Gasteiger partial charge in [-0.05, 0) is 19.4 Å². The van der Waals surface area contributed by atoms with E-state index in [1.54, 1.807) is 18.2 Å². The maximum Gasteiger partial charge on any atom is 0.210 e. The molecule has 2 bridgehead atoms. The number of fused-ring (bicyclic) bond motifs is 4. The second-order valence-electron chi connectivity index (χ2n) is 9.52. The first-order valence-corrected chi connectivity index (χ1v) is 10.8. The Balaban J connectivity index is 2.34. The lowest BCUT2D eigenvalue weighted by molar-refractivity contribution is -0.150. The van der Waals surface area contributed by atoms with Gasteiger partial charge in [0.05, 0.1) is 48.4 Å². The van der Waals surface area contributed by atoms with Crippen LogP contribution < -0.4 is 0 Å². The second-order valence-corrected chi connectivity index (χ2v) is 9.52. The SMILES string of the molecule is CC(=O)C1C2C(C(c3ccccc3)C(C#N)(C#N)C2(C#N)C#N)C2(C#N)C(=N)OC1(C)C2(C#N)C#N. The van der Waals surface area contributed by atoms with E-state index in [0.717, 1.165) is 6.92 Å². The van der Waals surface area contributed by atoms with E-state index < -0.39 is 62.6 Å². The number of nitrogens with zero attached hydrogens (tertiary/aromatic N) is 7. The van der Waals surface area contributed by atoms with Crippen LogP contribution in [0.25, 0.3) is 0 Å². The predicted molar refractivity (Wildman–Crippen MR) is 117 cm³/mol. The van der Waals surface area contributed by atoms with Crippen LogP contribution >= 0.6 is 0 Å². The van der Waals surface area contributed by atoms with Crippen molar-refractivity contribution in [1.82, 2.24) is 0 Å². The van der Waals surface area contributed by atoms with Gasteiger partial charge in [0.25, 0.3) is 0 Å². The summed E-state index contributed by atoms with van der Waals surface area (Å²) in [5, 5.41) is 82.0. The topological polar surface area (TPSA) is 217 Å². The Morgan fingerprint density at radius 3 is 1.78 bits per heavy atom. The predicted octanol–water partition coefficient (Wildman–Crippen LogP) is 2.61. The van der Waals surface area contributed by atoms with Crippen molar-refractivity contribution >= 4 is 11.7 Å². The monoisotopic (exact) mass is 472 g/mol. The maximum absolute atomic E-state index is 13.3. The summed E-state index contributed by atoms with van der Waals surface area (Å²) in [6.45, 7) is 2.37. The number of hydrogen-bond donors (Lipinski definition) is 1. The van der Waals surface area contributed by atoms with Crippen molar-refractivity contribution in [3.8, 4) is 42.5 Å². The number of Topliss-reactive ketones (excluding diaryl/α,β-unsaturated/α-hetero) is 1. The highest BCUT2D eigenvalue weighted by Gasteiger charge is 2.91. The van der Waals surface area contributed by atoms with Crippen LogP contribution in [-0.4, -0.2) is 17.3 Å². The fourth-order valence-corrected chi connectivity index (χ4v) is 7.28. The minimum Gasteiger partial charge on any atom is -0.470 e. The number of rotatable bonds is 2. The van der Waals surface area contributed by atoms with Gasteiger partial charge in [-0.2, -0.15) is 36.8 Å². The Kier molecular flexibility index (Phi) is 4.75. The first-order chi connectivity index (χ1) is 17.1. The lowest BCUT2D eigenvalue weighted by atomic mass is 9.41. The third-order valence-electron chi connectivity index (χ3n) is 8.61. The first-order valence-electron chi connectivity index (χ1n) is 10.8. The van der Waals surface area contributed by atoms with Crippen LogP contribution in [0.1, 0.15) is 25.3 Å². The Bertz CT molecular complexity index is 1470. The molecule has 0 radical (unpaired) electrons. The number of nitriles is 7. The zero-order chi connectivity index (χ0) is 26.7. The molecule has 6 unspecified atom stereocenters. The molecule has 0 aromatic heterocycles. The zero-order valence-corrected chi connectivity index (χ0v) is 19.1. The lowest BCUT2D eigenvalue weighted by Crippen LogP contribution is -2.66. The van der Waals surface area contributed by atoms with Crippen molar-refractivity contribution in [2.45, 2.75) is 25.4 Å². The van der Waals surface area contributed by atoms with E-state index in [1.807, 2.05) is 42.5 Å². The van der Waals surface area contributed by atoms with Gasteiger partial charge in [-0.1, -0.05) is 30.3 Å². The molecule has 10 nitrogen and oxygen atoms in total. The number of benzene rings is 1. The highest BCUT2D eigenvalue weighted by atomic mass is 16.5. The summed E-state index contributed by atoms with van der Waals surface area (Å²) in [4.78, 5) is 13.3. The molecule has 4 rings (SSSR count). The Hall–Kier alpha value is -5.21. The molecule has 36 heavy (non-hydrogen) atoms. The molecule has 1 aromatic carbocycles.